The molecule has 20 heavy (non-hydrogen) atoms. The van der Waals surface area contributed by atoms with Crippen molar-refractivity contribution in [1.29, 1.82) is 0 Å². The molecule has 2 rings (SSSR count). The van der Waals surface area contributed by atoms with E-state index in [-0.39, 0.29) is 6.04 Å². The molecule has 0 radical (unpaired) electrons. The Morgan fingerprint density at radius 2 is 2.05 bits per heavy atom. The third-order valence-electron chi connectivity index (χ3n) is 4.40. The molecule has 1 aromatic rings. The molecule has 3 unspecified atom stereocenters. The molecule has 0 heterocycles. The Kier molecular flexibility index (Phi) is 5.47. The van der Waals surface area contributed by atoms with E-state index in [0.29, 0.717) is 12.0 Å². The minimum Gasteiger partial charge on any atom is -0.490 e. The largest absolute Gasteiger partial charge is 0.490 e. The Morgan fingerprint density at radius 1 is 1.30 bits per heavy atom. The number of nitrogens with two attached hydrogens (primary N) is 1. The van der Waals surface area contributed by atoms with Crippen LogP contribution in [0.4, 0.5) is 0 Å². The van der Waals surface area contributed by atoms with Crippen LogP contribution in [0.15, 0.2) is 18.2 Å². The van der Waals surface area contributed by atoms with Crippen molar-refractivity contribution in [3.05, 3.63) is 29.3 Å². The van der Waals surface area contributed by atoms with E-state index in [1.807, 2.05) is 0 Å². The van der Waals surface area contributed by atoms with Crippen LogP contribution in [0.2, 0.25) is 0 Å². The fraction of sp³-hybridized carbons (Fsp3) is 0.667. The molecule has 2 N–H and O–H groups in total. The SMILES string of the molecule is CCC1CCCCC1Oc1ccc(C)cc1CC(C)N. The normalized spacial score (nSPS) is 24.4. The predicted octanol–water partition coefficient (Wildman–Crippen LogP) is 4.23. The molecule has 0 aromatic heterocycles. The summed E-state index contributed by atoms with van der Waals surface area (Å²) in [5.41, 5.74) is 8.52. The zero-order valence-corrected chi connectivity index (χ0v) is 13.2. The minimum absolute atomic E-state index is 0.174. The average Bonchev–Trinajstić information content (AvgIpc) is 2.42. The lowest BCUT2D eigenvalue weighted by Crippen LogP contribution is -2.30. The highest BCUT2D eigenvalue weighted by atomic mass is 16.5. The van der Waals surface area contributed by atoms with Crippen LogP contribution >= 0.6 is 0 Å². The van der Waals surface area contributed by atoms with E-state index in [0.717, 1.165) is 12.2 Å². The monoisotopic (exact) mass is 275 g/mol. The third kappa shape index (κ3) is 3.99. The van der Waals surface area contributed by atoms with E-state index in [1.165, 1.54) is 43.2 Å². The van der Waals surface area contributed by atoms with Crippen LogP contribution in [-0.2, 0) is 6.42 Å². The second-order valence-electron chi connectivity index (χ2n) is 6.40. The van der Waals surface area contributed by atoms with Crippen LogP contribution < -0.4 is 10.5 Å². The molecular formula is C18H29NO. The quantitative estimate of drug-likeness (QED) is 0.872. The summed E-state index contributed by atoms with van der Waals surface area (Å²) in [6.07, 6.45) is 7.68. The molecule has 0 saturated heterocycles. The molecule has 1 fully saturated rings. The van der Waals surface area contributed by atoms with Gasteiger partial charge in [-0.15, -0.1) is 0 Å². The second-order valence-corrected chi connectivity index (χ2v) is 6.40. The topological polar surface area (TPSA) is 35.2 Å². The van der Waals surface area contributed by atoms with Gasteiger partial charge in [-0.2, -0.15) is 0 Å². The molecule has 1 aromatic carbocycles. The molecule has 3 atom stereocenters. The maximum atomic E-state index is 6.39. The summed E-state index contributed by atoms with van der Waals surface area (Å²) in [6.45, 7) is 6.47. The molecule has 0 bridgehead atoms. The first-order valence-electron chi connectivity index (χ1n) is 8.12. The summed E-state index contributed by atoms with van der Waals surface area (Å²) in [5.74, 6) is 1.77. The van der Waals surface area contributed by atoms with E-state index in [1.54, 1.807) is 0 Å². The third-order valence-corrected chi connectivity index (χ3v) is 4.40. The molecule has 0 amide bonds. The number of aryl methyl sites for hydroxylation is 1. The van der Waals surface area contributed by atoms with Gasteiger partial charge < -0.3 is 10.5 Å². The maximum absolute atomic E-state index is 6.39. The smallest absolute Gasteiger partial charge is 0.122 e. The summed E-state index contributed by atoms with van der Waals surface area (Å²) in [7, 11) is 0. The van der Waals surface area contributed by atoms with Crippen molar-refractivity contribution in [3.63, 3.8) is 0 Å². The van der Waals surface area contributed by atoms with Crippen molar-refractivity contribution in [2.45, 2.75) is 71.4 Å². The molecule has 2 heteroatoms. The highest BCUT2D eigenvalue weighted by molar-refractivity contribution is 5.37. The van der Waals surface area contributed by atoms with Crippen molar-refractivity contribution in [2.75, 3.05) is 0 Å². The van der Waals surface area contributed by atoms with Gasteiger partial charge in [0.2, 0.25) is 0 Å². The van der Waals surface area contributed by atoms with Crippen molar-refractivity contribution in [2.24, 2.45) is 11.7 Å². The van der Waals surface area contributed by atoms with Gasteiger partial charge in [0.25, 0.3) is 0 Å². The van der Waals surface area contributed by atoms with Gasteiger partial charge in [0.1, 0.15) is 11.9 Å². The summed E-state index contributed by atoms with van der Waals surface area (Å²) in [5, 5.41) is 0. The molecule has 1 saturated carbocycles. The Bertz CT molecular complexity index is 427. The van der Waals surface area contributed by atoms with E-state index in [9.17, 15) is 0 Å². The van der Waals surface area contributed by atoms with Gasteiger partial charge in [-0.05, 0) is 63.5 Å². The van der Waals surface area contributed by atoms with Crippen LogP contribution in [0.3, 0.4) is 0 Å². The Balaban J connectivity index is 2.14. The number of hydrogen-bond acceptors (Lipinski definition) is 2. The number of hydrogen-bond donors (Lipinski definition) is 1. The molecule has 0 aliphatic heterocycles. The molecular weight excluding hydrogens is 246 g/mol. The van der Waals surface area contributed by atoms with Gasteiger partial charge in [0.15, 0.2) is 0 Å². The first-order chi connectivity index (χ1) is 9.60. The summed E-state index contributed by atoms with van der Waals surface area (Å²) in [6, 6.07) is 6.67. The van der Waals surface area contributed by atoms with Crippen LogP contribution in [0.1, 0.15) is 57.1 Å². The average molecular weight is 275 g/mol. The summed E-state index contributed by atoms with van der Waals surface area (Å²) < 4.78 is 6.39. The molecule has 1 aliphatic carbocycles. The molecule has 1 aliphatic rings. The Hall–Kier alpha value is -1.02. The summed E-state index contributed by atoms with van der Waals surface area (Å²) in [4.78, 5) is 0. The lowest BCUT2D eigenvalue weighted by Gasteiger charge is -2.32. The van der Waals surface area contributed by atoms with Crippen LogP contribution in [0.25, 0.3) is 0 Å². The molecule has 0 spiro atoms. The fourth-order valence-electron chi connectivity index (χ4n) is 3.29. The van der Waals surface area contributed by atoms with Crippen LogP contribution in [0, 0.1) is 12.8 Å². The first-order valence-corrected chi connectivity index (χ1v) is 8.12. The molecule has 2 nitrogen and oxygen atoms in total. The fourth-order valence-corrected chi connectivity index (χ4v) is 3.29. The van der Waals surface area contributed by atoms with Gasteiger partial charge in [0, 0.05) is 6.04 Å². The van der Waals surface area contributed by atoms with Gasteiger partial charge in [-0.1, -0.05) is 31.0 Å². The van der Waals surface area contributed by atoms with E-state index in [4.69, 9.17) is 10.5 Å². The number of rotatable bonds is 5. The lowest BCUT2D eigenvalue weighted by molar-refractivity contribution is 0.0893. The van der Waals surface area contributed by atoms with Gasteiger partial charge in [-0.25, -0.2) is 0 Å². The van der Waals surface area contributed by atoms with Crippen molar-refractivity contribution >= 4 is 0 Å². The van der Waals surface area contributed by atoms with Crippen molar-refractivity contribution < 1.29 is 4.74 Å². The Labute approximate surface area is 123 Å². The highest BCUT2D eigenvalue weighted by Crippen LogP contribution is 2.32. The zero-order chi connectivity index (χ0) is 14.5. The maximum Gasteiger partial charge on any atom is 0.122 e. The standard InChI is InChI=1S/C18H29NO/c1-4-15-7-5-6-8-17(15)20-18-10-9-13(2)11-16(18)12-14(3)19/h9-11,14-15,17H,4-8,12,19H2,1-3H3. The minimum atomic E-state index is 0.174. The van der Waals surface area contributed by atoms with Gasteiger partial charge in [-0.3, -0.25) is 0 Å². The summed E-state index contributed by atoms with van der Waals surface area (Å²) >= 11 is 0. The van der Waals surface area contributed by atoms with Crippen molar-refractivity contribution in [3.8, 4) is 5.75 Å². The lowest BCUT2D eigenvalue weighted by atomic mass is 9.84. The molecule has 112 valence electrons. The van der Waals surface area contributed by atoms with Crippen LogP contribution in [-0.4, -0.2) is 12.1 Å². The van der Waals surface area contributed by atoms with Gasteiger partial charge in [0.05, 0.1) is 0 Å². The van der Waals surface area contributed by atoms with E-state index >= 15 is 0 Å². The highest BCUT2D eigenvalue weighted by Gasteiger charge is 2.25. The first kappa shape index (κ1) is 15.4. The van der Waals surface area contributed by atoms with Gasteiger partial charge >= 0.3 is 0 Å². The zero-order valence-electron chi connectivity index (χ0n) is 13.2. The Morgan fingerprint density at radius 3 is 2.75 bits per heavy atom. The second kappa shape index (κ2) is 7.12. The predicted molar refractivity (Wildman–Crippen MR) is 85.2 cm³/mol. The van der Waals surface area contributed by atoms with Crippen LogP contribution in [0.5, 0.6) is 5.75 Å². The number of ether oxygens (including phenoxy) is 1. The van der Waals surface area contributed by atoms with Crippen molar-refractivity contribution in [1.82, 2.24) is 0 Å². The number of benzene rings is 1. The van der Waals surface area contributed by atoms with E-state index < -0.39 is 0 Å². The van der Waals surface area contributed by atoms with E-state index in [2.05, 4.69) is 39.0 Å².